The molecule has 0 spiro atoms. The average molecular weight is 477 g/mol. The van der Waals surface area contributed by atoms with Crippen LogP contribution in [0.3, 0.4) is 0 Å². The number of aromatic nitrogens is 2. The second-order valence-electron chi connectivity index (χ2n) is 9.34. The van der Waals surface area contributed by atoms with Crippen molar-refractivity contribution in [1.29, 1.82) is 0 Å². The van der Waals surface area contributed by atoms with E-state index in [-0.39, 0.29) is 23.4 Å². The Balaban J connectivity index is 1.14. The van der Waals surface area contributed by atoms with Crippen molar-refractivity contribution in [3.63, 3.8) is 0 Å². The molecule has 1 saturated heterocycles. The van der Waals surface area contributed by atoms with Crippen LogP contribution in [0.15, 0.2) is 53.3 Å². The fraction of sp³-hybridized carbons (Fsp3) is 0.444. The van der Waals surface area contributed by atoms with E-state index in [1.54, 1.807) is 0 Å². The van der Waals surface area contributed by atoms with Gasteiger partial charge in [0, 0.05) is 42.5 Å². The topological polar surface area (TPSA) is 96.5 Å². The summed E-state index contributed by atoms with van der Waals surface area (Å²) in [5.41, 5.74) is 1.41. The van der Waals surface area contributed by atoms with Crippen LogP contribution in [-0.2, 0) is 4.74 Å². The third-order valence-corrected chi connectivity index (χ3v) is 7.05. The Labute approximate surface area is 204 Å². The highest BCUT2D eigenvalue weighted by Gasteiger charge is 2.26. The van der Waals surface area contributed by atoms with E-state index in [0.29, 0.717) is 23.3 Å². The van der Waals surface area contributed by atoms with Crippen molar-refractivity contribution in [2.24, 2.45) is 0 Å². The fourth-order valence-electron chi connectivity index (χ4n) is 5.07. The molecule has 0 bridgehead atoms. The lowest BCUT2D eigenvalue weighted by atomic mass is 9.82. The van der Waals surface area contributed by atoms with E-state index in [4.69, 9.17) is 9.47 Å². The zero-order chi connectivity index (χ0) is 24.0. The van der Waals surface area contributed by atoms with Crippen molar-refractivity contribution in [2.45, 2.75) is 37.6 Å². The number of nitrogens with zero attached hydrogens (tertiary/aromatic N) is 2. The molecule has 0 atom stereocenters. The molecule has 2 N–H and O–H groups in total. The summed E-state index contributed by atoms with van der Waals surface area (Å²) >= 11 is 0. The Morgan fingerprint density at radius 3 is 2.63 bits per heavy atom. The molecule has 184 valence electrons. The summed E-state index contributed by atoms with van der Waals surface area (Å²) in [7, 11) is 0. The van der Waals surface area contributed by atoms with E-state index in [1.807, 2.05) is 48.5 Å². The maximum Gasteiger partial charge on any atom is 0.272 e. The van der Waals surface area contributed by atoms with Crippen LogP contribution in [0.2, 0.25) is 0 Å². The summed E-state index contributed by atoms with van der Waals surface area (Å²) in [4.78, 5) is 27.3. The summed E-state index contributed by atoms with van der Waals surface area (Å²) in [6.45, 7) is 4.85. The zero-order valence-electron chi connectivity index (χ0n) is 19.9. The maximum atomic E-state index is 12.9. The van der Waals surface area contributed by atoms with Gasteiger partial charge in [-0.25, -0.2) is 5.10 Å². The van der Waals surface area contributed by atoms with Gasteiger partial charge >= 0.3 is 0 Å². The first-order chi connectivity index (χ1) is 17.2. The molecule has 2 aliphatic rings. The molecule has 0 unspecified atom stereocenters. The highest BCUT2D eigenvalue weighted by atomic mass is 16.5. The second kappa shape index (κ2) is 11.0. The molecule has 35 heavy (non-hydrogen) atoms. The standard InChI is InChI=1S/C27H32N4O4/c32-26(20-4-3-5-22(18-20)35-17-14-31-12-15-34-16-13-31)28-21-10-8-19(9-11-21)25-23-6-1-2-7-24(23)27(33)30-29-25/h1-7,18-19,21H,8-17H2,(H,28,32)(H,30,33)/t19-,21-. The number of nitrogens with one attached hydrogen (secondary N) is 2. The number of rotatable bonds is 7. The minimum Gasteiger partial charge on any atom is -0.492 e. The lowest BCUT2D eigenvalue weighted by molar-refractivity contribution is 0.0322. The number of aromatic amines is 1. The van der Waals surface area contributed by atoms with Gasteiger partial charge in [-0.2, -0.15) is 5.10 Å². The molecular weight excluding hydrogens is 444 g/mol. The van der Waals surface area contributed by atoms with Gasteiger partial charge in [0.25, 0.3) is 11.5 Å². The smallest absolute Gasteiger partial charge is 0.272 e. The number of carbonyl (C=O) groups is 1. The number of fused-ring (bicyclic) bond motifs is 1. The Morgan fingerprint density at radius 1 is 1.06 bits per heavy atom. The first kappa shape index (κ1) is 23.5. The third-order valence-electron chi connectivity index (χ3n) is 7.05. The molecule has 2 heterocycles. The normalized spacial score (nSPS) is 21.0. The molecule has 0 radical (unpaired) electrons. The van der Waals surface area contributed by atoms with E-state index < -0.39 is 0 Å². The van der Waals surface area contributed by atoms with E-state index in [9.17, 15) is 9.59 Å². The fourth-order valence-corrected chi connectivity index (χ4v) is 5.07. The Kier molecular flexibility index (Phi) is 7.39. The highest BCUT2D eigenvalue weighted by Crippen LogP contribution is 2.34. The first-order valence-corrected chi connectivity index (χ1v) is 12.5. The third kappa shape index (κ3) is 5.71. The molecule has 1 aromatic heterocycles. The van der Waals surface area contributed by atoms with Gasteiger partial charge < -0.3 is 14.8 Å². The summed E-state index contributed by atoms with van der Waals surface area (Å²) in [5, 5.41) is 11.8. The number of benzene rings is 2. The molecule has 2 aromatic carbocycles. The number of ether oxygens (including phenoxy) is 2. The summed E-state index contributed by atoms with van der Waals surface area (Å²) < 4.78 is 11.3. The van der Waals surface area contributed by atoms with E-state index in [0.717, 1.165) is 69.6 Å². The second-order valence-corrected chi connectivity index (χ2v) is 9.34. The Bertz CT molecular complexity index is 1210. The zero-order valence-corrected chi connectivity index (χ0v) is 19.9. The van der Waals surface area contributed by atoms with Crippen LogP contribution in [-0.4, -0.2) is 66.5 Å². The maximum absolute atomic E-state index is 12.9. The largest absolute Gasteiger partial charge is 0.492 e. The number of H-pyrrole nitrogens is 1. The van der Waals surface area contributed by atoms with Crippen LogP contribution < -0.4 is 15.6 Å². The van der Waals surface area contributed by atoms with Gasteiger partial charge in [-0.3, -0.25) is 14.5 Å². The van der Waals surface area contributed by atoms with Gasteiger partial charge in [-0.05, 0) is 49.9 Å². The predicted molar refractivity (Wildman–Crippen MR) is 134 cm³/mol. The van der Waals surface area contributed by atoms with Crippen LogP contribution in [0.4, 0.5) is 0 Å². The molecule has 1 saturated carbocycles. The van der Waals surface area contributed by atoms with Gasteiger partial charge in [0.15, 0.2) is 0 Å². The Morgan fingerprint density at radius 2 is 1.83 bits per heavy atom. The van der Waals surface area contributed by atoms with E-state index >= 15 is 0 Å². The van der Waals surface area contributed by atoms with Crippen molar-refractivity contribution in [2.75, 3.05) is 39.5 Å². The molecule has 5 rings (SSSR count). The molecule has 3 aromatic rings. The average Bonchev–Trinajstić information content (AvgIpc) is 2.90. The number of amides is 1. The molecule has 1 amide bonds. The Hall–Kier alpha value is -3.23. The lowest BCUT2D eigenvalue weighted by Crippen LogP contribution is -2.38. The predicted octanol–water partition coefficient (Wildman–Crippen LogP) is 3.09. The van der Waals surface area contributed by atoms with Gasteiger partial charge in [-0.1, -0.05) is 24.3 Å². The number of hydrogen-bond donors (Lipinski definition) is 2. The summed E-state index contributed by atoms with van der Waals surface area (Å²) in [6.07, 6.45) is 3.58. The van der Waals surface area contributed by atoms with Gasteiger partial charge in [0.05, 0.1) is 24.3 Å². The van der Waals surface area contributed by atoms with Crippen molar-refractivity contribution in [1.82, 2.24) is 20.4 Å². The van der Waals surface area contributed by atoms with Gasteiger partial charge in [0.1, 0.15) is 12.4 Å². The van der Waals surface area contributed by atoms with Crippen LogP contribution in [0.25, 0.3) is 10.8 Å². The van der Waals surface area contributed by atoms with Crippen LogP contribution in [0.5, 0.6) is 5.75 Å². The van der Waals surface area contributed by atoms with Crippen LogP contribution in [0, 0.1) is 0 Å². The minimum absolute atomic E-state index is 0.0697. The summed E-state index contributed by atoms with van der Waals surface area (Å²) in [5.74, 6) is 0.915. The van der Waals surface area contributed by atoms with Gasteiger partial charge in [0.2, 0.25) is 0 Å². The lowest BCUT2D eigenvalue weighted by Gasteiger charge is -2.29. The van der Waals surface area contributed by atoms with E-state index in [1.165, 1.54) is 0 Å². The molecule has 1 aliphatic heterocycles. The van der Waals surface area contributed by atoms with Crippen molar-refractivity contribution in [3.8, 4) is 5.75 Å². The molecular formula is C27H32N4O4. The van der Waals surface area contributed by atoms with Crippen LogP contribution in [0.1, 0.15) is 47.7 Å². The molecule has 1 aliphatic carbocycles. The van der Waals surface area contributed by atoms with Crippen molar-refractivity contribution < 1.29 is 14.3 Å². The van der Waals surface area contributed by atoms with E-state index in [2.05, 4.69) is 20.4 Å². The number of carbonyl (C=O) groups excluding carboxylic acids is 1. The molecule has 8 heteroatoms. The summed E-state index contributed by atoms with van der Waals surface area (Å²) in [6, 6.07) is 15.1. The number of hydrogen-bond acceptors (Lipinski definition) is 6. The monoisotopic (exact) mass is 476 g/mol. The van der Waals surface area contributed by atoms with Crippen LogP contribution >= 0.6 is 0 Å². The number of morpholine rings is 1. The van der Waals surface area contributed by atoms with Gasteiger partial charge in [-0.15, -0.1) is 0 Å². The molecule has 8 nitrogen and oxygen atoms in total. The van der Waals surface area contributed by atoms with Crippen molar-refractivity contribution >= 4 is 16.7 Å². The highest BCUT2D eigenvalue weighted by molar-refractivity contribution is 5.94. The first-order valence-electron chi connectivity index (χ1n) is 12.5. The SMILES string of the molecule is O=C(N[C@H]1CC[C@H](c2n[nH]c(=O)c3ccccc32)CC1)c1cccc(OCCN2CCOCC2)c1. The quantitative estimate of drug-likeness (QED) is 0.544. The minimum atomic E-state index is -0.155. The van der Waals surface area contributed by atoms with Crippen molar-refractivity contribution in [3.05, 3.63) is 70.1 Å². The molecule has 2 fully saturated rings.